The average Bonchev–Trinajstić information content (AvgIpc) is 3.23. The number of carboxylic acid groups (broad SMARTS) is 1. The van der Waals surface area contributed by atoms with E-state index in [2.05, 4.69) is 20.3 Å². The summed E-state index contributed by atoms with van der Waals surface area (Å²) >= 11 is 3.23. The minimum absolute atomic E-state index is 0.00992. The summed E-state index contributed by atoms with van der Waals surface area (Å²) in [7, 11) is 0. The Morgan fingerprint density at radius 2 is 2.08 bits per heavy atom. The first kappa shape index (κ1) is 16.5. The predicted molar refractivity (Wildman–Crippen MR) is 97.4 cm³/mol. The molecule has 0 unspecified atom stereocenters. The Hall–Kier alpha value is -2.38. The van der Waals surface area contributed by atoms with Crippen LogP contribution in [0.3, 0.4) is 0 Å². The van der Waals surface area contributed by atoms with E-state index >= 15 is 0 Å². The summed E-state index contributed by atoms with van der Waals surface area (Å²) in [6, 6.07) is 2.04. The highest BCUT2D eigenvalue weighted by Crippen LogP contribution is 2.26. The quantitative estimate of drug-likeness (QED) is 0.719. The molecule has 0 radical (unpaired) electrons. The van der Waals surface area contributed by atoms with E-state index in [1.807, 2.05) is 36.7 Å². The summed E-state index contributed by atoms with van der Waals surface area (Å²) in [5, 5.41) is 16.2. The number of thiophene rings is 1. The molecule has 0 aliphatic heterocycles. The zero-order valence-electron chi connectivity index (χ0n) is 13.1. The number of hydrogen-bond donors (Lipinski definition) is 1. The van der Waals surface area contributed by atoms with E-state index in [1.165, 1.54) is 6.20 Å². The molecule has 3 aromatic heterocycles. The number of carbonyl (C=O) groups is 1. The van der Waals surface area contributed by atoms with Gasteiger partial charge < -0.3 is 5.11 Å². The first-order valence-corrected chi connectivity index (χ1v) is 9.13. The largest absolute Gasteiger partial charge is 0.478 e. The lowest BCUT2D eigenvalue weighted by molar-refractivity contribution is 0.0694. The highest BCUT2D eigenvalue weighted by atomic mass is 32.1. The lowest BCUT2D eigenvalue weighted by Gasteiger charge is -2.08. The number of aromatic nitrogens is 3. The maximum Gasteiger partial charge on any atom is 0.339 e. The fourth-order valence-corrected chi connectivity index (χ4v) is 3.64. The van der Waals surface area contributed by atoms with Gasteiger partial charge in [-0.2, -0.15) is 11.3 Å². The van der Waals surface area contributed by atoms with Crippen LogP contribution in [-0.4, -0.2) is 26.0 Å². The van der Waals surface area contributed by atoms with Crippen molar-refractivity contribution in [3.8, 4) is 10.6 Å². The molecule has 5 nitrogen and oxygen atoms in total. The van der Waals surface area contributed by atoms with Crippen molar-refractivity contribution in [3.63, 3.8) is 0 Å². The number of hydrogen-bond acceptors (Lipinski definition) is 6. The van der Waals surface area contributed by atoms with Gasteiger partial charge in [0, 0.05) is 22.5 Å². The van der Waals surface area contributed by atoms with Crippen molar-refractivity contribution in [1.29, 1.82) is 0 Å². The smallest absolute Gasteiger partial charge is 0.339 e. The van der Waals surface area contributed by atoms with Gasteiger partial charge in [-0.25, -0.2) is 19.7 Å². The van der Waals surface area contributed by atoms with Crippen molar-refractivity contribution in [2.45, 2.75) is 19.8 Å². The monoisotopic (exact) mass is 357 g/mol. The zero-order chi connectivity index (χ0) is 17.1. The number of rotatable bonds is 5. The lowest BCUT2D eigenvalue weighted by atomic mass is 10.1. The average molecular weight is 357 g/mol. The summed E-state index contributed by atoms with van der Waals surface area (Å²) in [6.07, 6.45) is 4.96. The normalized spacial score (nSPS) is 11.5. The van der Waals surface area contributed by atoms with E-state index < -0.39 is 5.97 Å². The molecule has 0 fully saturated rings. The van der Waals surface area contributed by atoms with Crippen LogP contribution >= 0.6 is 22.7 Å². The molecule has 24 heavy (non-hydrogen) atoms. The minimum Gasteiger partial charge on any atom is -0.478 e. The van der Waals surface area contributed by atoms with Gasteiger partial charge in [-0.05, 0) is 29.5 Å². The standard InChI is InChI=1S/C17H15N3O2S2/c1-10(2)15-13(17(21)22)7-18-14(20-15)4-3-12-9-24-16(19-12)11-5-6-23-8-11/h3-10H,1-2H3,(H,21,22). The van der Waals surface area contributed by atoms with Crippen molar-refractivity contribution in [2.24, 2.45) is 0 Å². The minimum atomic E-state index is -1.01. The summed E-state index contributed by atoms with van der Waals surface area (Å²) in [6.45, 7) is 3.83. The summed E-state index contributed by atoms with van der Waals surface area (Å²) in [4.78, 5) is 24.3. The van der Waals surface area contributed by atoms with Gasteiger partial charge in [0.05, 0.1) is 17.0 Å². The Labute approximate surface area is 147 Å². The van der Waals surface area contributed by atoms with Crippen LogP contribution in [0.4, 0.5) is 0 Å². The molecule has 0 aromatic carbocycles. The molecule has 3 heterocycles. The molecule has 0 bridgehead atoms. The Bertz CT molecular complexity index is 883. The summed E-state index contributed by atoms with van der Waals surface area (Å²) < 4.78 is 0. The molecule has 0 saturated heterocycles. The number of carboxylic acids is 1. The van der Waals surface area contributed by atoms with Crippen LogP contribution < -0.4 is 0 Å². The highest BCUT2D eigenvalue weighted by molar-refractivity contribution is 7.14. The second-order valence-corrected chi connectivity index (χ2v) is 7.05. The molecule has 0 aliphatic rings. The molecular formula is C17H15N3O2S2. The lowest BCUT2D eigenvalue weighted by Crippen LogP contribution is -2.08. The van der Waals surface area contributed by atoms with Crippen molar-refractivity contribution in [2.75, 3.05) is 0 Å². The Balaban J connectivity index is 1.84. The fraction of sp³-hybridized carbons (Fsp3) is 0.176. The van der Waals surface area contributed by atoms with Gasteiger partial charge in [0.25, 0.3) is 0 Å². The third kappa shape index (κ3) is 3.58. The zero-order valence-corrected chi connectivity index (χ0v) is 14.8. The summed E-state index contributed by atoms with van der Waals surface area (Å²) in [5.74, 6) is -0.515. The predicted octanol–water partition coefficient (Wildman–Crippen LogP) is 4.65. The van der Waals surface area contributed by atoms with Gasteiger partial charge in [0.1, 0.15) is 5.01 Å². The molecule has 3 rings (SSSR count). The van der Waals surface area contributed by atoms with Crippen molar-refractivity contribution < 1.29 is 9.90 Å². The van der Waals surface area contributed by atoms with Gasteiger partial charge in [0.2, 0.25) is 0 Å². The second-order valence-electron chi connectivity index (χ2n) is 5.41. The van der Waals surface area contributed by atoms with Crippen LogP contribution in [0, 0.1) is 0 Å². The first-order chi connectivity index (χ1) is 11.5. The molecule has 7 heteroatoms. The summed E-state index contributed by atoms with van der Waals surface area (Å²) in [5.41, 5.74) is 2.64. The van der Waals surface area contributed by atoms with Crippen LogP contribution in [-0.2, 0) is 0 Å². The number of nitrogens with zero attached hydrogens (tertiary/aromatic N) is 3. The van der Waals surface area contributed by atoms with Gasteiger partial charge in [0.15, 0.2) is 5.82 Å². The van der Waals surface area contributed by atoms with Crippen LogP contribution in [0.1, 0.15) is 47.3 Å². The molecule has 0 saturated carbocycles. The number of thiazole rings is 1. The Morgan fingerprint density at radius 3 is 2.75 bits per heavy atom. The van der Waals surface area contributed by atoms with Crippen LogP contribution in [0.15, 0.2) is 28.4 Å². The van der Waals surface area contributed by atoms with E-state index in [-0.39, 0.29) is 11.5 Å². The van der Waals surface area contributed by atoms with Crippen LogP contribution in [0.25, 0.3) is 22.7 Å². The molecule has 0 atom stereocenters. The van der Waals surface area contributed by atoms with Crippen molar-refractivity contribution in [3.05, 3.63) is 51.2 Å². The molecule has 1 N–H and O–H groups in total. The van der Waals surface area contributed by atoms with Gasteiger partial charge in [-0.1, -0.05) is 13.8 Å². The van der Waals surface area contributed by atoms with E-state index in [1.54, 1.807) is 28.7 Å². The molecular weight excluding hydrogens is 342 g/mol. The first-order valence-electron chi connectivity index (χ1n) is 7.31. The van der Waals surface area contributed by atoms with E-state index in [9.17, 15) is 9.90 Å². The molecule has 0 aliphatic carbocycles. The third-order valence-corrected chi connectivity index (χ3v) is 4.90. The maximum absolute atomic E-state index is 11.2. The Morgan fingerprint density at radius 1 is 1.25 bits per heavy atom. The van der Waals surface area contributed by atoms with E-state index in [0.29, 0.717) is 11.5 Å². The SMILES string of the molecule is CC(C)c1nc(C=Cc2csc(-c3ccsc3)n2)ncc1C(=O)O. The van der Waals surface area contributed by atoms with E-state index in [4.69, 9.17) is 0 Å². The van der Waals surface area contributed by atoms with Crippen LogP contribution in [0.2, 0.25) is 0 Å². The second kappa shape index (κ2) is 7.02. The topological polar surface area (TPSA) is 76.0 Å². The third-order valence-electron chi connectivity index (χ3n) is 3.31. The van der Waals surface area contributed by atoms with Crippen molar-refractivity contribution in [1.82, 2.24) is 15.0 Å². The Kier molecular flexibility index (Phi) is 4.82. The van der Waals surface area contributed by atoms with E-state index in [0.717, 1.165) is 16.3 Å². The molecule has 0 amide bonds. The number of aromatic carboxylic acids is 1. The van der Waals surface area contributed by atoms with Gasteiger partial charge in [-0.3, -0.25) is 0 Å². The highest BCUT2D eigenvalue weighted by Gasteiger charge is 2.15. The van der Waals surface area contributed by atoms with Crippen molar-refractivity contribution >= 4 is 40.8 Å². The van der Waals surface area contributed by atoms with Gasteiger partial charge >= 0.3 is 5.97 Å². The van der Waals surface area contributed by atoms with Gasteiger partial charge in [-0.15, -0.1) is 11.3 Å². The fourth-order valence-electron chi connectivity index (χ4n) is 2.14. The molecule has 0 spiro atoms. The van der Waals surface area contributed by atoms with Crippen LogP contribution in [0.5, 0.6) is 0 Å². The molecule has 122 valence electrons. The molecule has 3 aromatic rings. The maximum atomic E-state index is 11.2.